The van der Waals surface area contributed by atoms with Crippen molar-refractivity contribution in [3.63, 3.8) is 0 Å². The summed E-state index contributed by atoms with van der Waals surface area (Å²) >= 11 is 0. The number of carbonyl (C=O) groups excluding carboxylic acids is 1. The van der Waals surface area contributed by atoms with Gasteiger partial charge in [0.1, 0.15) is 11.3 Å². The lowest BCUT2D eigenvalue weighted by atomic mass is 9.83. The van der Waals surface area contributed by atoms with Crippen molar-refractivity contribution in [1.82, 2.24) is 14.9 Å². The lowest BCUT2D eigenvalue weighted by molar-refractivity contribution is 0.0947. The van der Waals surface area contributed by atoms with Crippen molar-refractivity contribution in [3.05, 3.63) is 52.1 Å². The van der Waals surface area contributed by atoms with Crippen LogP contribution >= 0.6 is 0 Å². The second-order valence-corrected chi connectivity index (χ2v) is 6.03. The number of imidazole rings is 1. The van der Waals surface area contributed by atoms with Gasteiger partial charge in [0.25, 0.3) is 5.91 Å². The van der Waals surface area contributed by atoms with Crippen LogP contribution in [0.5, 0.6) is 0 Å². The minimum absolute atomic E-state index is 0.121. The Kier molecular flexibility index (Phi) is 4.60. The first-order valence-electron chi connectivity index (χ1n) is 8.03. The molecule has 1 aliphatic rings. The normalized spacial score (nSPS) is 14.5. The van der Waals surface area contributed by atoms with E-state index < -0.39 is 5.63 Å². The van der Waals surface area contributed by atoms with Crippen LogP contribution in [-0.4, -0.2) is 22.0 Å². The first-order valence-corrected chi connectivity index (χ1v) is 8.03. The third kappa shape index (κ3) is 3.52. The highest BCUT2D eigenvalue weighted by atomic mass is 16.4. The summed E-state index contributed by atoms with van der Waals surface area (Å²) in [5.74, 6) is 0.700. The van der Waals surface area contributed by atoms with Gasteiger partial charge in [0.05, 0.1) is 6.33 Å². The van der Waals surface area contributed by atoms with Gasteiger partial charge in [-0.15, -0.1) is 0 Å². The van der Waals surface area contributed by atoms with Gasteiger partial charge in [-0.05, 0) is 37.8 Å². The molecule has 0 aromatic carbocycles. The lowest BCUT2D eigenvalue weighted by Crippen LogP contribution is -2.31. The molecule has 0 bridgehead atoms. The molecule has 6 heteroatoms. The number of nitrogens with zero attached hydrogens (tertiary/aromatic N) is 2. The van der Waals surface area contributed by atoms with Gasteiger partial charge in [-0.1, -0.05) is 6.42 Å². The second-order valence-electron chi connectivity index (χ2n) is 6.03. The van der Waals surface area contributed by atoms with Crippen molar-refractivity contribution in [1.29, 1.82) is 0 Å². The highest BCUT2D eigenvalue weighted by molar-refractivity contribution is 5.95. The van der Waals surface area contributed by atoms with Gasteiger partial charge in [0.15, 0.2) is 0 Å². The fraction of sp³-hybridized carbons (Fsp3) is 0.471. The molecule has 1 fully saturated rings. The summed E-state index contributed by atoms with van der Waals surface area (Å²) in [5, 5.41) is 2.79. The van der Waals surface area contributed by atoms with Gasteiger partial charge in [-0.3, -0.25) is 4.79 Å². The van der Waals surface area contributed by atoms with Crippen molar-refractivity contribution in [2.75, 3.05) is 6.54 Å². The zero-order chi connectivity index (χ0) is 16.2. The van der Waals surface area contributed by atoms with E-state index in [2.05, 4.69) is 10.3 Å². The summed E-state index contributed by atoms with van der Waals surface area (Å²) in [4.78, 5) is 28.3. The molecule has 0 saturated heterocycles. The highest BCUT2D eigenvalue weighted by Gasteiger charge is 2.25. The molecule has 0 spiro atoms. The largest absolute Gasteiger partial charge is 0.427 e. The van der Waals surface area contributed by atoms with E-state index in [1.807, 2.05) is 16.8 Å². The van der Waals surface area contributed by atoms with E-state index in [9.17, 15) is 9.59 Å². The molecule has 0 radical (unpaired) electrons. The van der Waals surface area contributed by atoms with Crippen molar-refractivity contribution >= 4 is 5.91 Å². The maximum absolute atomic E-state index is 12.2. The molecule has 0 aliphatic heterocycles. The maximum Gasteiger partial charge on any atom is 0.349 e. The lowest BCUT2D eigenvalue weighted by Gasteiger charge is -2.24. The second kappa shape index (κ2) is 6.81. The van der Waals surface area contributed by atoms with E-state index in [0.717, 1.165) is 31.6 Å². The zero-order valence-corrected chi connectivity index (χ0v) is 13.2. The molecule has 2 heterocycles. The number of carbonyl (C=O) groups is 1. The summed E-state index contributed by atoms with van der Waals surface area (Å²) in [7, 11) is 0. The van der Waals surface area contributed by atoms with Gasteiger partial charge in [-0.2, -0.15) is 0 Å². The summed E-state index contributed by atoms with van der Waals surface area (Å²) in [5.41, 5.74) is 0.282. The maximum atomic E-state index is 12.2. The first kappa shape index (κ1) is 15.5. The average molecular weight is 315 g/mol. The molecular formula is C17H21N3O3. The molecule has 23 heavy (non-hydrogen) atoms. The van der Waals surface area contributed by atoms with Crippen LogP contribution in [0.3, 0.4) is 0 Å². The van der Waals surface area contributed by atoms with Crippen LogP contribution in [0.2, 0.25) is 0 Å². The molecule has 122 valence electrons. The Morgan fingerprint density at radius 2 is 2.30 bits per heavy atom. The Morgan fingerprint density at radius 3 is 2.91 bits per heavy atom. The van der Waals surface area contributed by atoms with Gasteiger partial charge >= 0.3 is 5.63 Å². The Balaban J connectivity index is 1.59. The van der Waals surface area contributed by atoms with E-state index in [1.165, 1.54) is 6.42 Å². The minimum atomic E-state index is -0.529. The fourth-order valence-electron chi connectivity index (χ4n) is 2.77. The van der Waals surface area contributed by atoms with Gasteiger partial charge < -0.3 is 14.3 Å². The molecule has 6 nitrogen and oxygen atoms in total. The van der Waals surface area contributed by atoms with Crippen LogP contribution in [-0.2, 0) is 6.54 Å². The summed E-state index contributed by atoms with van der Waals surface area (Å²) < 4.78 is 7.29. The van der Waals surface area contributed by atoms with Crippen molar-refractivity contribution in [2.45, 2.75) is 45.1 Å². The summed E-state index contributed by atoms with van der Waals surface area (Å²) in [6.07, 6.45) is 9.39. The number of amides is 1. The fourth-order valence-corrected chi connectivity index (χ4v) is 2.77. The van der Waals surface area contributed by atoms with E-state index in [-0.39, 0.29) is 11.5 Å². The van der Waals surface area contributed by atoms with E-state index in [4.69, 9.17) is 4.42 Å². The molecule has 0 atom stereocenters. The molecule has 2 aromatic rings. The van der Waals surface area contributed by atoms with E-state index in [1.54, 1.807) is 19.4 Å². The predicted octanol–water partition coefficient (Wildman–Crippen LogP) is 2.23. The average Bonchev–Trinajstić information content (AvgIpc) is 2.94. The topological polar surface area (TPSA) is 77.1 Å². The van der Waals surface area contributed by atoms with Crippen LogP contribution < -0.4 is 10.9 Å². The third-order valence-corrected chi connectivity index (χ3v) is 4.34. The van der Waals surface area contributed by atoms with Crippen LogP contribution in [0, 0.1) is 6.92 Å². The molecule has 1 N–H and O–H groups in total. The predicted molar refractivity (Wildman–Crippen MR) is 85.5 cm³/mol. The Hall–Kier alpha value is -2.37. The monoisotopic (exact) mass is 315 g/mol. The van der Waals surface area contributed by atoms with Crippen LogP contribution in [0.4, 0.5) is 0 Å². The van der Waals surface area contributed by atoms with Crippen molar-refractivity contribution in [2.24, 2.45) is 0 Å². The number of nitrogens with one attached hydrogen (secondary N) is 1. The third-order valence-electron chi connectivity index (χ3n) is 4.34. The standard InChI is InChI=1S/C17H21N3O3/c1-12-10-14(13-4-2-5-13)23-17(22)15(12)16(21)19-6-3-8-20-9-7-18-11-20/h7,9-11,13H,2-6,8H2,1H3,(H,19,21). The SMILES string of the molecule is Cc1cc(C2CCC2)oc(=O)c1C(=O)NCCCn1ccnc1. The smallest absolute Gasteiger partial charge is 0.349 e. The summed E-state index contributed by atoms with van der Waals surface area (Å²) in [6.45, 7) is 3.06. The van der Waals surface area contributed by atoms with E-state index >= 15 is 0 Å². The molecule has 1 saturated carbocycles. The summed E-state index contributed by atoms with van der Waals surface area (Å²) in [6, 6.07) is 1.84. The minimum Gasteiger partial charge on any atom is -0.427 e. The molecule has 1 aliphatic carbocycles. The first-order chi connectivity index (χ1) is 11.1. The van der Waals surface area contributed by atoms with Crippen LogP contribution in [0.15, 0.2) is 34.0 Å². The van der Waals surface area contributed by atoms with Gasteiger partial charge in [0, 0.05) is 31.4 Å². The molecule has 1 amide bonds. The van der Waals surface area contributed by atoms with Crippen molar-refractivity contribution in [3.8, 4) is 0 Å². The quantitative estimate of drug-likeness (QED) is 0.829. The van der Waals surface area contributed by atoms with Crippen LogP contribution in [0.25, 0.3) is 0 Å². The number of rotatable bonds is 6. The number of aryl methyl sites for hydroxylation is 2. The van der Waals surface area contributed by atoms with Crippen LogP contribution in [0.1, 0.15) is 53.3 Å². The van der Waals surface area contributed by atoms with E-state index in [0.29, 0.717) is 18.0 Å². The molecular weight excluding hydrogens is 294 g/mol. The molecule has 2 aromatic heterocycles. The molecule has 0 unspecified atom stereocenters. The number of aromatic nitrogens is 2. The molecule has 3 rings (SSSR count). The Labute approximate surface area is 134 Å². The zero-order valence-electron chi connectivity index (χ0n) is 13.2. The Bertz CT molecular complexity index is 730. The highest BCUT2D eigenvalue weighted by Crippen LogP contribution is 2.36. The van der Waals surface area contributed by atoms with Gasteiger partial charge in [-0.25, -0.2) is 9.78 Å². The Morgan fingerprint density at radius 1 is 1.48 bits per heavy atom. The number of hydrogen-bond donors (Lipinski definition) is 1. The van der Waals surface area contributed by atoms with Crippen molar-refractivity contribution < 1.29 is 9.21 Å². The number of hydrogen-bond acceptors (Lipinski definition) is 4. The van der Waals surface area contributed by atoms with Gasteiger partial charge in [0.2, 0.25) is 0 Å².